The zero-order valence-electron chi connectivity index (χ0n) is 73.6. The molecule has 0 saturated carbocycles. The lowest BCUT2D eigenvalue weighted by Gasteiger charge is -2.30. The van der Waals surface area contributed by atoms with Crippen LogP contribution in [0.5, 0.6) is 0 Å². The summed E-state index contributed by atoms with van der Waals surface area (Å²) >= 11 is 35.8. The van der Waals surface area contributed by atoms with Crippen LogP contribution in [0.25, 0.3) is 0 Å². The minimum atomic E-state index is -0.0663. The van der Waals surface area contributed by atoms with Crippen molar-refractivity contribution in [1.82, 2.24) is 20.9 Å². The van der Waals surface area contributed by atoms with Gasteiger partial charge in [-0.3, -0.25) is 33.6 Å². The molecule has 0 aliphatic heterocycles. The lowest BCUT2D eigenvalue weighted by molar-refractivity contribution is 0.405. The molecule has 0 unspecified atom stereocenters. The highest BCUT2D eigenvalue weighted by Crippen LogP contribution is 2.38. The normalized spacial score (nSPS) is 12.1. The Kier molecular flexibility index (Phi) is 42.1. The van der Waals surface area contributed by atoms with Crippen LogP contribution in [0.4, 0.5) is 39.8 Å². The van der Waals surface area contributed by atoms with E-state index in [0.29, 0.717) is 63.4 Å². The number of anilines is 7. The molecule has 0 aliphatic rings. The van der Waals surface area contributed by atoms with E-state index in [-0.39, 0.29) is 75.9 Å². The highest BCUT2D eigenvalue weighted by molar-refractivity contribution is 7.72. The van der Waals surface area contributed by atoms with Crippen LogP contribution in [0.15, 0.2) is 33.6 Å². The molecule has 7 aromatic carbocycles. The predicted octanol–water partition coefficient (Wildman–Crippen LogP) is 12.7. The first-order valence-electron chi connectivity index (χ1n) is 38.9. The van der Waals surface area contributed by atoms with E-state index in [4.69, 9.17) is 103 Å². The van der Waals surface area contributed by atoms with Crippen LogP contribution < -0.4 is 107 Å². The Balaban J connectivity index is 0.000000654. The molecule has 0 bridgehead atoms. The summed E-state index contributed by atoms with van der Waals surface area (Å²) in [5.41, 5.74) is 28.4. The summed E-state index contributed by atoms with van der Waals surface area (Å²) in [6.07, 6.45) is 4.79. The fourth-order valence-corrected chi connectivity index (χ4v) is 16.3. The van der Waals surface area contributed by atoms with Crippen LogP contribution in [0.3, 0.4) is 0 Å². The molecule has 0 atom stereocenters. The molecule has 0 amide bonds. The van der Waals surface area contributed by atoms with Crippen LogP contribution in [0, 0.1) is 31.6 Å². The number of nitrogens with zero attached hydrogens (tertiary/aromatic N) is 5. The number of rotatable bonds is 30. The van der Waals surface area contributed by atoms with Crippen molar-refractivity contribution in [2.75, 3.05) is 191 Å². The quantitative estimate of drug-likeness (QED) is 0.0149. The van der Waals surface area contributed by atoms with Crippen molar-refractivity contribution < 1.29 is 0 Å². The van der Waals surface area contributed by atoms with E-state index in [0.717, 1.165) is 171 Å². The number of hydrogen-bond donors (Lipinski definition) is 9. The predicted molar refractivity (Wildman–Crippen MR) is 501 cm³/mol. The van der Waals surface area contributed by atoms with E-state index >= 15 is 0 Å². The third-order valence-electron chi connectivity index (χ3n) is 18.5. The lowest BCUT2D eigenvalue weighted by atomic mass is 9.82. The molecule has 0 aromatic heterocycles. The molecule has 112 heavy (non-hydrogen) atoms. The van der Waals surface area contributed by atoms with Crippen LogP contribution >= 0.6 is 85.5 Å². The van der Waals surface area contributed by atoms with Crippen LogP contribution in [0.1, 0.15) is 216 Å². The maximum Gasteiger partial charge on any atom is 0.220 e. The Bertz CT molecular complexity index is 4610. The molecule has 0 saturated heterocycles. The van der Waals surface area contributed by atoms with E-state index in [1.165, 1.54) is 0 Å². The first-order chi connectivity index (χ1) is 51.2. The SMILES string of the molecule is CC(C)(C)c1c(NCCCN)c(=O)c1=S.CN(C)CCCNc1c(C(C)(C)C)c(=S)c1=O.CN(CCCN)c1c(C(C)(C)C)c(=S)c1=O.CN(CCN)c1c(C(C)(C)C)c(=S)c1=O.CNCCCN(C)c1c(C(C)(C)C)c(=S)c1=O.CNCCCNc1c(C(C)(C)C)c(=S)c1=O.CNCCN(C)c1c(C(C)(C)C)c(=S)c1=O. The molecular formula is C84H140N14O7S7. The second kappa shape index (κ2) is 45.0. The minimum Gasteiger partial charge on any atom is -0.382 e. The van der Waals surface area contributed by atoms with Gasteiger partial charge in [0.05, 0.1) is 71.4 Å². The summed E-state index contributed by atoms with van der Waals surface area (Å²) in [5, 5.41) is 18.8. The van der Waals surface area contributed by atoms with Crippen molar-refractivity contribution in [1.29, 1.82) is 0 Å². The fraction of sp³-hybridized carbons (Fsp3) is 0.667. The van der Waals surface area contributed by atoms with Crippen LogP contribution in [-0.4, -0.2) is 160 Å². The maximum absolute atomic E-state index is 11.8. The van der Waals surface area contributed by atoms with Gasteiger partial charge in [0, 0.05) is 126 Å². The van der Waals surface area contributed by atoms with Gasteiger partial charge in [0.25, 0.3) is 0 Å². The average Bonchev–Trinajstić information content (AvgIpc) is 0.660. The van der Waals surface area contributed by atoms with Gasteiger partial charge in [-0.1, -0.05) is 231 Å². The molecule has 0 fully saturated rings. The fourth-order valence-electron chi connectivity index (χ4n) is 12.7. The van der Waals surface area contributed by atoms with Crippen LogP contribution in [0.2, 0.25) is 0 Å². The number of likely N-dealkylation sites (N-methyl/N-ethyl adjacent to an activating group) is 3. The average molecular weight is 1680 g/mol. The second-order valence-corrected chi connectivity index (χ2v) is 39.1. The highest BCUT2D eigenvalue weighted by atomic mass is 32.1. The van der Waals surface area contributed by atoms with E-state index < -0.39 is 0 Å². The molecule has 0 aliphatic carbocycles. The zero-order valence-corrected chi connectivity index (χ0v) is 79.3. The van der Waals surface area contributed by atoms with Crippen LogP contribution in [-0.2, 0) is 37.9 Å². The number of hydrogen-bond acceptors (Lipinski definition) is 28. The zero-order chi connectivity index (χ0) is 87.2. The molecule has 630 valence electrons. The van der Waals surface area contributed by atoms with Gasteiger partial charge in [0.2, 0.25) is 38.0 Å². The molecular weight excluding hydrogens is 1540 g/mol. The summed E-state index contributed by atoms with van der Waals surface area (Å²) in [7, 11) is 17.6. The van der Waals surface area contributed by atoms with Gasteiger partial charge in [-0.05, 0) is 138 Å². The molecule has 28 heteroatoms. The largest absolute Gasteiger partial charge is 0.382 e. The summed E-state index contributed by atoms with van der Waals surface area (Å²) in [6.45, 7) is 54.8. The molecule has 7 aromatic rings. The Morgan fingerprint density at radius 1 is 0.259 bits per heavy atom. The van der Waals surface area contributed by atoms with E-state index in [1.807, 2.05) is 83.0 Å². The summed E-state index contributed by atoms with van der Waals surface area (Å²) in [4.78, 5) is 91.8. The summed E-state index contributed by atoms with van der Waals surface area (Å²) in [6, 6.07) is 0. The Morgan fingerprint density at radius 3 is 0.732 bits per heavy atom. The Morgan fingerprint density at radius 2 is 0.482 bits per heavy atom. The van der Waals surface area contributed by atoms with Gasteiger partial charge < -0.3 is 73.6 Å². The van der Waals surface area contributed by atoms with Gasteiger partial charge in [-0.25, -0.2) is 0 Å². The third kappa shape index (κ3) is 28.6. The van der Waals surface area contributed by atoms with Gasteiger partial charge in [-0.15, -0.1) is 0 Å². The van der Waals surface area contributed by atoms with Crippen molar-refractivity contribution in [3.05, 3.63) is 142 Å². The molecule has 21 nitrogen and oxygen atoms in total. The summed E-state index contributed by atoms with van der Waals surface area (Å²) < 4.78 is 3.52. The monoisotopic (exact) mass is 1680 g/mol. The lowest BCUT2D eigenvalue weighted by Crippen LogP contribution is -2.37. The first kappa shape index (κ1) is 105. The standard InChI is InChI=1S/2C13H22N2OS.3C12H20N2OS.2C11H18N2OS/c1-13(2,3)9-10(11(16)12(9)17)14-7-6-8-15(4)5;1-13(2,3)9-10(11(16)12(9)17)15(5)8-6-7-14-4;1-12(2,3)8-9(10(15)11(8)16)14(5)7-6-13-4;1-12(2,3)8-9(10(15)11(8)16)14(4)7-5-6-13;1-12(2,3)8-9(10(15)11(8)16)14-7-5-6-13-4;1-11(2,3)7-8(9(14)10(7)15)13(4)6-5-12;1-11(2,3)7-8(9(14)10(7)15)13-6-4-5-12/h2*14H,6-8H2,1-5H3;13H,6-7H2,1-5H3;5-7,13H2,1-4H3;13-14H,5-7H2,1-4H3;5-6,12H2,1-4H3;13H,4-6,12H2,1-3H3. The first-order valence-corrected chi connectivity index (χ1v) is 41.7. The maximum atomic E-state index is 11.8. The molecule has 7 rings (SSSR count). The van der Waals surface area contributed by atoms with Crippen molar-refractivity contribution in [3.63, 3.8) is 0 Å². The van der Waals surface area contributed by atoms with Crippen molar-refractivity contribution >= 4 is 125 Å². The van der Waals surface area contributed by atoms with E-state index in [1.54, 1.807) is 0 Å². The van der Waals surface area contributed by atoms with Gasteiger partial charge in [-0.2, -0.15) is 0 Å². The van der Waals surface area contributed by atoms with Gasteiger partial charge in [0.1, 0.15) is 0 Å². The molecule has 0 heterocycles. The molecule has 0 radical (unpaired) electrons. The highest BCUT2D eigenvalue weighted by Gasteiger charge is 2.35. The molecule has 0 spiro atoms. The summed E-state index contributed by atoms with van der Waals surface area (Å²) in [5.74, 6) is 0. The number of nitrogens with one attached hydrogen (secondary N) is 6. The van der Waals surface area contributed by atoms with Crippen molar-refractivity contribution in [2.45, 2.75) is 215 Å². The van der Waals surface area contributed by atoms with Crippen molar-refractivity contribution in [3.8, 4) is 0 Å². The second-order valence-electron chi connectivity index (χ2n) is 36.2. The van der Waals surface area contributed by atoms with Crippen molar-refractivity contribution in [2.24, 2.45) is 17.2 Å². The topological polar surface area (TPSA) is 286 Å². The van der Waals surface area contributed by atoms with E-state index in [2.05, 4.69) is 182 Å². The third-order valence-corrected chi connectivity index (χ3v) is 21.2. The Hall–Kier alpha value is -5.18. The van der Waals surface area contributed by atoms with E-state index in [9.17, 15) is 33.6 Å². The molecule has 12 N–H and O–H groups in total. The van der Waals surface area contributed by atoms with Gasteiger partial charge >= 0.3 is 0 Å². The minimum absolute atomic E-state index is 0.00406. The smallest absolute Gasteiger partial charge is 0.220 e. The van der Waals surface area contributed by atoms with Gasteiger partial charge in [0.15, 0.2) is 0 Å². The Labute approximate surface area is 706 Å². The number of nitrogens with two attached hydrogens (primary N) is 3.